The van der Waals surface area contributed by atoms with Gasteiger partial charge in [0, 0.05) is 5.92 Å². The predicted molar refractivity (Wildman–Crippen MR) is 129 cm³/mol. The van der Waals surface area contributed by atoms with Gasteiger partial charge in [0.25, 0.3) is 0 Å². The number of hydrogen-bond acceptors (Lipinski definition) is 1. The summed E-state index contributed by atoms with van der Waals surface area (Å²) in [5, 5.41) is 10.3. The standard InChI is InChI=1S/C14H22O.C10H15.2BrH.Th/c1-13(2,3)10-8-7-9-11(12(10)15)14(4,5)6;1-6-7(2)9(4)10(5)8(6)3;;;/h7-9,15H,1-6H3;1-5H3;2*1H;/q;;;;+2/p-2. The van der Waals surface area contributed by atoms with E-state index in [1.807, 2.05) is 18.2 Å². The number of benzene rings is 1. The Morgan fingerprint density at radius 3 is 1.14 bits per heavy atom. The average molecular weight is 733 g/mol. The van der Waals surface area contributed by atoms with Crippen molar-refractivity contribution in [2.45, 2.75) is 87.0 Å². The average Bonchev–Trinajstić information content (AvgIpc) is 2.72. The van der Waals surface area contributed by atoms with Gasteiger partial charge in [-0.05, 0) is 60.8 Å². The molecule has 0 aromatic heterocycles. The molecule has 0 aliphatic heterocycles. The maximum absolute atomic E-state index is 10.3. The molecule has 1 aromatic rings. The van der Waals surface area contributed by atoms with Crippen LogP contribution in [-0.2, 0) is 10.8 Å². The van der Waals surface area contributed by atoms with Crippen LogP contribution >= 0.6 is 18.4 Å². The molecule has 0 fully saturated rings. The van der Waals surface area contributed by atoms with Crippen LogP contribution in [0.15, 0.2) is 40.5 Å². The molecule has 2 rings (SSSR count). The first kappa shape index (κ1) is 28.8. The molecule has 0 saturated carbocycles. The first-order chi connectivity index (χ1) is 12.6. The van der Waals surface area contributed by atoms with E-state index in [9.17, 15) is 5.11 Å². The van der Waals surface area contributed by atoms with Gasteiger partial charge in [0.15, 0.2) is 0 Å². The summed E-state index contributed by atoms with van der Waals surface area (Å²) >= 11 is -0.380. The van der Waals surface area contributed by atoms with E-state index in [-0.39, 0.29) is 40.6 Å². The van der Waals surface area contributed by atoms with Gasteiger partial charge in [-0.25, -0.2) is 0 Å². The first-order valence-electron chi connectivity index (χ1n) is 9.60. The van der Waals surface area contributed by atoms with Gasteiger partial charge < -0.3 is 5.11 Å². The van der Waals surface area contributed by atoms with Crippen LogP contribution in [0.3, 0.4) is 0 Å². The molecule has 1 nitrogen and oxygen atoms in total. The number of phenols is 1. The van der Waals surface area contributed by atoms with Gasteiger partial charge in [0.1, 0.15) is 5.75 Å². The molecule has 0 saturated heterocycles. The Morgan fingerprint density at radius 2 is 0.964 bits per heavy atom. The quantitative estimate of drug-likeness (QED) is 0.283. The molecule has 0 bridgehead atoms. The Balaban J connectivity index is 0.000000483. The fraction of sp³-hybridized carbons (Fsp3) is 0.542. The first-order valence-corrected chi connectivity index (χ1v) is 27.3. The van der Waals surface area contributed by atoms with E-state index >= 15 is 0 Å². The fourth-order valence-corrected chi connectivity index (χ4v) is 3.16. The summed E-state index contributed by atoms with van der Waals surface area (Å²) in [7, 11) is 6.54. The number of rotatable bonds is 0. The molecule has 28 heavy (non-hydrogen) atoms. The minimum absolute atomic E-state index is 0.00859. The Morgan fingerprint density at radius 1 is 0.679 bits per heavy atom. The summed E-state index contributed by atoms with van der Waals surface area (Å²) in [4.78, 5) is 0. The van der Waals surface area contributed by atoms with E-state index in [1.165, 1.54) is 28.2 Å². The van der Waals surface area contributed by atoms with Crippen molar-refractivity contribution in [3.8, 4) is 5.75 Å². The van der Waals surface area contributed by atoms with Crippen LogP contribution in [0.5, 0.6) is 5.75 Å². The van der Waals surface area contributed by atoms with Gasteiger partial charge in [0.05, 0.1) is 0 Å². The van der Waals surface area contributed by atoms with Crippen LogP contribution < -0.4 is 0 Å². The van der Waals surface area contributed by atoms with Crippen LogP contribution in [0.2, 0.25) is 0 Å². The summed E-state index contributed by atoms with van der Waals surface area (Å²) < 4.78 is 0. The summed E-state index contributed by atoms with van der Waals surface area (Å²) in [5.41, 5.74) is 7.90. The van der Waals surface area contributed by atoms with E-state index in [0.29, 0.717) is 5.75 Å². The molecule has 1 N–H and O–H groups in total. The number of phenolic OH excluding ortho intramolecular Hbond substituents is 1. The molecule has 157 valence electrons. The molecule has 1 radical (unpaired) electrons. The van der Waals surface area contributed by atoms with Gasteiger partial charge in [-0.2, -0.15) is 0 Å². The van der Waals surface area contributed by atoms with Crippen molar-refractivity contribution in [2.24, 2.45) is 0 Å². The van der Waals surface area contributed by atoms with Gasteiger partial charge in [-0.1, -0.05) is 77.8 Å². The fourth-order valence-electron chi connectivity index (χ4n) is 3.16. The number of halogens is 2. The molecule has 0 heterocycles. The Bertz CT molecular complexity index is 663. The maximum atomic E-state index is 10.3. The number of allylic oxidation sites excluding steroid dienone is 4. The van der Waals surface area contributed by atoms with Crippen molar-refractivity contribution in [1.82, 2.24) is 0 Å². The molecule has 0 atom stereocenters. The number of aromatic hydroxyl groups is 1. The molecule has 1 aliphatic carbocycles. The Labute approximate surface area is 201 Å². The van der Waals surface area contributed by atoms with E-state index < -0.39 is 0 Å². The molecule has 1 aliphatic rings. The van der Waals surface area contributed by atoms with Crippen molar-refractivity contribution in [3.05, 3.63) is 57.5 Å². The topological polar surface area (TPSA) is 20.2 Å². The third-order valence-electron chi connectivity index (χ3n) is 5.46. The molecular weight excluding hydrogens is 696 g/mol. The Kier molecular flexibility index (Phi) is 12.3. The third-order valence-corrected chi connectivity index (χ3v) is 5.46. The molecule has 1 aromatic carbocycles. The van der Waals surface area contributed by atoms with Crippen molar-refractivity contribution < 1.29 is 34.9 Å². The molecule has 0 unspecified atom stereocenters. The summed E-state index contributed by atoms with van der Waals surface area (Å²) in [6, 6.07) is 6.04. The SMILES string of the molecule is CC(C)(C)c1cccc(C(C)(C)C)c1O.C[C]1C(C)=C(C)C(C)=C1C.[Br][Th][Br]. The second-order valence-electron chi connectivity index (χ2n) is 9.40. The normalized spacial score (nSPS) is 14.9. The van der Waals surface area contributed by atoms with Gasteiger partial charge in [-0.3, -0.25) is 0 Å². The van der Waals surface area contributed by atoms with Crippen LogP contribution in [0, 0.1) is 35.7 Å². The Hall–Kier alpha value is 0.785. The van der Waals surface area contributed by atoms with E-state index in [1.54, 1.807) is 0 Å². The van der Waals surface area contributed by atoms with Crippen molar-refractivity contribution in [1.29, 1.82) is 0 Å². The van der Waals surface area contributed by atoms with Crippen LogP contribution in [0.1, 0.15) is 87.3 Å². The van der Waals surface area contributed by atoms with Crippen molar-refractivity contribution in [2.75, 3.05) is 0 Å². The zero-order valence-corrected chi connectivity index (χ0v) is 26.7. The van der Waals surface area contributed by atoms with E-state index in [4.69, 9.17) is 0 Å². The van der Waals surface area contributed by atoms with Crippen molar-refractivity contribution in [3.63, 3.8) is 0 Å². The monoisotopic (exact) mass is 731 g/mol. The van der Waals surface area contributed by atoms with Gasteiger partial charge >= 0.3 is 48.2 Å². The second kappa shape index (κ2) is 12.0. The predicted octanol–water partition coefficient (Wildman–Crippen LogP) is 8.95. The molecule has 4 heteroatoms. The molecular formula is C24H37Br2OTh. The zero-order valence-electron chi connectivity index (χ0n) is 19.4. The second-order valence-corrected chi connectivity index (χ2v) is 27.1. The number of para-hydroxylation sites is 1. The van der Waals surface area contributed by atoms with E-state index in [2.05, 4.69) is 94.6 Å². The summed E-state index contributed by atoms with van der Waals surface area (Å²) in [6.45, 7) is 23.7. The molecule has 0 spiro atoms. The summed E-state index contributed by atoms with van der Waals surface area (Å²) in [5.74, 6) is 1.92. The third kappa shape index (κ3) is 8.14. The molecule has 0 amide bonds. The number of hydrogen-bond donors (Lipinski definition) is 1. The summed E-state index contributed by atoms with van der Waals surface area (Å²) in [6.07, 6.45) is 0. The van der Waals surface area contributed by atoms with Crippen LogP contribution in [0.25, 0.3) is 0 Å². The van der Waals surface area contributed by atoms with Crippen LogP contribution in [0.4, 0.5) is 0 Å². The zero-order chi connectivity index (χ0) is 22.4. The van der Waals surface area contributed by atoms with E-state index in [0.717, 1.165) is 11.1 Å². The van der Waals surface area contributed by atoms with Crippen molar-refractivity contribution >= 4 is 18.4 Å². The minimum atomic E-state index is -0.380. The van der Waals surface area contributed by atoms with Crippen LogP contribution in [-0.4, -0.2) is 5.11 Å². The van der Waals surface area contributed by atoms with Gasteiger partial charge in [0.2, 0.25) is 0 Å². The van der Waals surface area contributed by atoms with Gasteiger partial charge in [-0.15, -0.1) is 0 Å².